The lowest BCUT2D eigenvalue weighted by Gasteiger charge is -2.10. The molecular weight excluding hydrogens is 372 g/mol. The van der Waals surface area contributed by atoms with Gasteiger partial charge in [-0.3, -0.25) is 0 Å². The van der Waals surface area contributed by atoms with E-state index in [0.717, 1.165) is 47.2 Å². The maximum absolute atomic E-state index is 5.94. The summed E-state index contributed by atoms with van der Waals surface area (Å²) in [4.78, 5) is 0. The highest BCUT2D eigenvalue weighted by Crippen LogP contribution is 2.25. The van der Waals surface area contributed by atoms with E-state index in [-0.39, 0.29) is 0 Å². The monoisotopic (exact) mass is 396 g/mol. The smallest absolute Gasteiger partial charge is 0.127 e. The van der Waals surface area contributed by atoms with Gasteiger partial charge >= 0.3 is 0 Å². The second-order valence-corrected chi connectivity index (χ2v) is 7.14. The molecule has 4 rings (SSSR count). The van der Waals surface area contributed by atoms with Gasteiger partial charge in [-0.05, 0) is 96.8 Å². The molecule has 4 heteroatoms. The molecule has 0 fully saturated rings. The Kier molecular flexibility index (Phi) is 5.85. The molecule has 0 heterocycles. The van der Waals surface area contributed by atoms with Gasteiger partial charge in [-0.2, -0.15) is 0 Å². The largest absolute Gasteiger partial charge is 0.457 e. The summed E-state index contributed by atoms with van der Waals surface area (Å²) in [6, 6.07) is 31.1. The predicted molar refractivity (Wildman–Crippen MR) is 122 cm³/mol. The summed E-state index contributed by atoms with van der Waals surface area (Å²) in [7, 11) is 0. The molecule has 0 spiro atoms. The number of nitrogen functional groups attached to an aromatic ring is 2. The van der Waals surface area contributed by atoms with Crippen molar-refractivity contribution in [3.63, 3.8) is 0 Å². The number of benzene rings is 4. The first kappa shape index (κ1) is 19.4. The van der Waals surface area contributed by atoms with Crippen molar-refractivity contribution in [2.24, 2.45) is 0 Å². The first-order valence-corrected chi connectivity index (χ1v) is 9.89. The molecule has 0 unspecified atom stereocenters. The molecule has 4 nitrogen and oxygen atoms in total. The summed E-state index contributed by atoms with van der Waals surface area (Å²) < 4.78 is 11.9. The fourth-order valence-corrected chi connectivity index (χ4v) is 3.16. The SMILES string of the molecule is Nc1ccc(Oc2cccc(CCc3cccc(Oc4ccc(N)cc4)c3)c2)cc1. The Morgan fingerprint density at radius 2 is 0.867 bits per heavy atom. The summed E-state index contributed by atoms with van der Waals surface area (Å²) in [5.74, 6) is 3.18. The number of hydrogen-bond donors (Lipinski definition) is 2. The van der Waals surface area contributed by atoms with E-state index < -0.39 is 0 Å². The minimum absolute atomic E-state index is 0.721. The third kappa shape index (κ3) is 5.32. The molecule has 0 radical (unpaired) electrons. The topological polar surface area (TPSA) is 70.5 Å². The number of ether oxygens (including phenoxy) is 2. The molecule has 0 bridgehead atoms. The van der Waals surface area contributed by atoms with Crippen LogP contribution in [0.15, 0.2) is 97.1 Å². The molecule has 4 aromatic carbocycles. The minimum atomic E-state index is 0.721. The Labute approximate surface area is 176 Å². The fraction of sp³-hybridized carbons (Fsp3) is 0.0769. The molecule has 4 aromatic rings. The predicted octanol–water partition coefficient (Wildman–Crippen LogP) is 6.22. The van der Waals surface area contributed by atoms with Gasteiger partial charge in [0.05, 0.1) is 0 Å². The molecule has 0 saturated heterocycles. The number of anilines is 2. The van der Waals surface area contributed by atoms with E-state index in [4.69, 9.17) is 20.9 Å². The molecule has 0 saturated carbocycles. The molecular formula is C26H24N2O2. The van der Waals surface area contributed by atoms with Crippen molar-refractivity contribution < 1.29 is 9.47 Å². The van der Waals surface area contributed by atoms with Crippen LogP contribution in [0.1, 0.15) is 11.1 Å². The van der Waals surface area contributed by atoms with Crippen molar-refractivity contribution in [3.8, 4) is 23.0 Å². The lowest BCUT2D eigenvalue weighted by atomic mass is 10.0. The van der Waals surface area contributed by atoms with Crippen LogP contribution in [0, 0.1) is 0 Å². The molecule has 0 amide bonds. The van der Waals surface area contributed by atoms with Crippen LogP contribution in [0.3, 0.4) is 0 Å². The first-order chi connectivity index (χ1) is 14.6. The Hall–Kier alpha value is -3.92. The molecule has 0 aliphatic rings. The van der Waals surface area contributed by atoms with Crippen LogP contribution in [-0.4, -0.2) is 0 Å². The van der Waals surface area contributed by atoms with Crippen LogP contribution in [0.2, 0.25) is 0 Å². The summed E-state index contributed by atoms with van der Waals surface area (Å²) in [5.41, 5.74) is 15.3. The summed E-state index contributed by atoms with van der Waals surface area (Å²) >= 11 is 0. The van der Waals surface area contributed by atoms with Gasteiger partial charge < -0.3 is 20.9 Å². The second-order valence-electron chi connectivity index (χ2n) is 7.14. The van der Waals surface area contributed by atoms with Crippen molar-refractivity contribution in [2.45, 2.75) is 12.8 Å². The van der Waals surface area contributed by atoms with E-state index in [1.165, 1.54) is 11.1 Å². The van der Waals surface area contributed by atoms with Gasteiger partial charge in [-0.15, -0.1) is 0 Å². The standard InChI is InChI=1S/C26H24N2O2/c27-21-9-13-23(14-10-21)29-25-5-1-3-19(17-25)7-8-20-4-2-6-26(18-20)30-24-15-11-22(28)12-16-24/h1-6,9-18H,7-8,27-28H2. The number of aryl methyl sites for hydroxylation is 2. The molecule has 150 valence electrons. The minimum Gasteiger partial charge on any atom is -0.457 e. The number of nitrogens with two attached hydrogens (primary N) is 2. The molecule has 0 aliphatic heterocycles. The van der Waals surface area contributed by atoms with Gasteiger partial charge in [0, 0.05) is 11.4 Å². The van der Waals surface area contributed by atoms with Crippen molar-refractivity contribution in [3.05, 3.63) is 108 Å². The lowest BCUT2D eigenvalue weighted by Crippen LogP contribution is -1.94. The van der Waals surface area contributed by atoms with Crippen molar-refractivity contribution >= 4 is 11.4 Å². The molecule has 0 atom stereocenters. The summed E-state index contributed by atoms with van der Waals surface area (Å²) in [6.07, 6.45) is 1.81. The molecule has 30 heavy (non-hydrogen) atoms. The van der Waals surface area contributed by atoms with Crippen molar-refractivity contribution in [1.82, 2.24) is 0 Å². The number of rotatable bonds is 7. The molecule has 0 aromatic heterocycles. The summed E-state index contributed by atoms with van der Waals surface area (Å²) in [6.45, 7) is 0. The lowest BCUT2D eigenvalue weighted by molar-refractivity contribution is 0.481. The first-order valence-electron chi connectivity index (χ1n) is 9.89. The highest BCUT2D eigenvalue weighted by molar-refractivity contribution is 5.44. The Balaban J connectivity index is 1.38. The summed E-state index contributed by atoms with van der Waals surface area (Å²) in [5, 5.41) is 0. The van der Waals surface area contributed by atoms with Crippen LogP contribution in [0.4, 0.5) is 11.4 Å². The third-order valence-corrected chi connectivity index (χ3v) is 4.73. The zero-order valence-electron chi connectivity index (χ0n) is 16.6. The highest BCUT2D eigenvalue weighted by Gasteiger charge is 2.03. The van der Waals surface area contributed by atoms with Gasteiger partial charge in [0.25, 0.3) is 0 Å². The van der Waals surface area contributed by atoms with Crippen molar-refractivity contribution in [2.75, 3.05) is 11.5 Å². The van der Waals surface area contributed by atoms with Crippen LogP contribution >= 0.6 is 0 Å². The normalized spacial score (nSPS) is 10.5. The van der Waals surface area contributed by atoms with Gasteiger partial charge in [0.15, 0.2) is 0 Å². The van der Waals surface area contributed by atoms with E-state index in [0.29, 0.717) is 0 Å². The van der Waals surface area contributed by atoms with Gasteiger partial charge in [0.1, 0.15) is 23.0 Å². The fourth-order valence-electron chi connectivity index (χ4n) is 3.16. The van der Waals surface area contributed by atoms with E-state index in [9.17, 15) is 0 Å². The van der Waals surface area contributed by atoms with Gasteiger partial charge in [-0.25, -0.2) is 0 Å². The van der Waals surface area contributed by atoms with E-state index in [1.807, 2.05) is 72.8 Å². The average Bonchev–Trinajstić information content (AvgIpc) is 2.76. The maximum atomic E-state index is 5.94. The van der Waals surface area contributed by atoms with Crippen LogP contribution < -0.4 is 20.9 Å². The Morgan fingerprint density at radius 3 is 1.27 bits per heavy atom. The average molecular weight is 396 g/mol. The Bertz CT molecular complexity index is 1020. The van der Waals surface area contributed by atoms with Gasteiger partial charge in [-0.1, -0.05) is 24.3 Å². The quantitative estimate of drug-likeness (QED) is 0.364. The van der Waals surface area contributed by atoms with Crippen LogP contribution in [-0.2, 0) is 12.8 Å². The molecule has 0 aliphatic carbocycles. The highest BCUT2D eigenvalue weighted by atomic mass is 16.5. The molecule has 4 N–H and O–H groups in total. The zero-order valence-corrected chi connectivity index (χ0v) is 16.6. The van der Waals surface area contributed by atoms with Gasteiger partial charge in [0.2, 0.25) is 0 Å². The van der Waals surface area contributed by atoms with E-state index in [1.54, 1.807) is 0 Å². The van der Waals surface area contributed by atoms with Crippen LogP contribution in [0.25, 0.3) is 0 Å². The van der Waals surface area contributed by atoms with E-state index >= 15 is 0 Å². The van der Waals surface area contributed by atoms with E-state index in [2.05, 4.69) is 24.3 Å². The number of hydrogen-bond acceptors (Lipinski definition) is 4. The van der Waals surface area contributed by atoms with Crippen LogP contribution in [0.5, 0.6) is 23.0 Å². The van der Waals surface area contributed by atoms with Crippen molar-refractivity contribution in [1.29, 1.82) is 0 Å². The maximum Gasteiger partial charge on any atom is 0.127 e. The third-order valence-electron chi connectivity index (χ3n) is 4.73. The second kappa shape index (κ2) is 9.05. The Morgan fingerprint density at radius 1 is 0.467 bits per heavy atom. The zero-order chi connectivity index (χ0) is 20.8.